The molecule has 114 valence electrons. The number of carbonyl (C=O) groups is 1. The van der Waals surface area contributed by atoms with E-state index in [9.17, 15) is 9.90 Å². The van der Waals surface area contributed by atoms with E-state index in [1.165, 1.54) is 6.42 Å². The Kier molecular flexibility index (Phi) is 4.19. The predicted molar refractivity (Wildman–Crippen MR) is 84.5 cm³/mol. The number of carbonyl (C=O) groups excluding carboxylic acids is 1. The topological polar surface area (TPSA) is 61.8 Å². The van der Waals surface area contributed by atoms with Crippen LogP contribution < -0.4 is 10.2 Å². The fourth-order valence-corrected chi connectivity index (χ4v) is 3.76. The van der Waals surface area contributed by atoms with Crippen LogP contribution in [0.5, 0.6) is 0 Å². The summed E-state index contributed by atoms with van der Waals surface area (Å²) in [5, 5.41) is 12.6. The molecular weight excluding hydrogens is 336 g/mol. The first-order valence-corrected chi connectivity index (χ1v) is 7.95. The van der Waals surface area contributed by atoms with E-state index in [0.29, 0.717) is 17.2 Å². The zero-order valence-electron chi connectivity index (χ0n) is 11.9. The van der Waals surface area contributed by atoms with Gasteiger partial charge in [-0.3, -0.25) is 4.79 Å². The highest BCUT2D eigenvalue weighted by Gasteiger charge is 2.31. The average molecular weight is 355 g/mol. The molecular formula is C15H19BrN2O3. The van der Waals surface area contributed by atoms with Crippen LogP contribution in [0.25, 0.3) is 0 Å². The van der Waals surface area contributed by atoms with Crippen LogP contribution in [-0.2, 0) is 9.53 Å². The number of hydrogen-bond acceptors (Lipinski definition) is 4. The fourth-order valence-electron chi connectivity index (χ4n) is 3.15. The summed E-state index contributed by atoms with van der Waals surface area (Å²) >= 11 is 3.57. The number of piperidine rings is 1. The average Bonchev–Trinajstić information content (AvgIpc) is 2.74. The molecule has 0 bridgehead atoms. The minimum atomic E-state index is -1.06. The van der Waals surface area contributed by atoms with Crippen LogP contribution in [0.15, 0.2) is 16.6 Å². The Morgan fingerprint density at radius 1 is 1.52 bits per heavy atom. The van der Waals surface area contributed by atoms with Crippen LogP contribution in [0, 0.1) is 5.92 Å². The number of rotatable bonds is 3. The van der Waals surface area contributed by atoms with Crippen molar-refractivity contribution in [3.8, 4) is 0 Å². The van der Waals surface area contributed by atoms with E-state index in [1.54, 1.807) is 7.11 Å². The van der Waals surface area contributed by atoms with Crippen LogP contribution in [0.3, 0.4) is 0 Å². The first-order valence-electron chi connectivity index (χ1n) is 7.16. The first-order chi connectivity index (χ1) is 10.1. The van der Waals surface area contributed by atoms with E-state index >= 15 is 0 Å². The van der Waals surface area contributed by atoms with Crippen LogP contribution in [0.1, 0.15) is 24.5 Å². The standard InChI is InChI=1S/C15H19BrN2O3/c1-21-8-9-3-2-4-18(7-9)13-6-12-10(5-11(13)16)14(19)15(20)17-12/h5-6,9,14,19H,2-4,7-8H2,1H3,(H,17,20). The second kappa shape index (κ2) is 5.94. The highest BCUT2D eigenvalue weighted by atomic mass is 79.9. The molecule has 1 fully saturated rings. The molecule has 2 aliphatic heterocycles. The van der Waals surface area contributed by atoms with Crippen molar-refractivity contribution in [2.75, 3.05) is 37.0 Å². The van der Waals surface area contributed by atoms with Gasteiger partial charge in [0.2, 0.25) is 0 Å². The van der Waals surface area contributed by atoms with Crippen LogP contribution in [-0.4, -0.2) is 37.8 Å². The number of methoxy groups -OCH3 is 1. The molecule has 1 aromatic carbocycles. The van der Waals surface area contributed by atoms with Crippen LogP contribution in [0.4, 0.5) is 11.4 Å². The van der Waals surface area contributed by atoms with Crippen molar-refractivity contribution < 1.29 is 14.6 Å². The van der Waals surface area contributed by atoms with E-state index in [1.807, 2.05) is 12.1 Å². The smallest absolute Gasteiger partial charge is 0.257 e. The third-order valence-electron chi connectivity index (χ3n) is 4.18. The summed E-state index contributed by atoms with van der Waals surface area (Å²) in [5.41, 5.74) is 2.41. The molecule has 0 radical (unpaired) electrons. The lowest BCUT2D eigenvalue weighted by molar-refractivity contribution is -0.123. The van der Waals surface area contributed by atoms with Gasteiger partial charge in [-0.2, -0.15) is 0 Å². The quantitative estimate of drug-likeness (QED) is 0.874. The molecule has 0 aromatic heterocycles. The van der Waals surface area contributed by atoms with Gasteiger partial charge in [0, 0.05) is 35.9 Å². The van der Waals surface area contributed by atoms with Gasteiger partial charge in [-0.15, -0.1) is 0 Å². The van der Waals surface area contributed by atoms with Gasteiger partial charge in [0.1, 0.15) is 0 Å². The molecule has 2 N–H and O–H groups in total. The number of ether oxygens (including phenoxy) is 1. The van der Waals surface area contributed by atoms with Crippen molar-refractivity contribution in [3.63, 3.8) is 0 Å². The minimum absolute atomic E-state index is 0.357. The van der Waals surface area contributed by atoms with E-state index in [0.717, 1.165) is 36.3 Å². The molecule has 5 nitrogen and oxygen atoms in total. The molecule has 0 spiro atoms. The van der Waals surface area contributed by atoms with Crippen molar-refractivity contribution in [2.24, 2.45) is 5.92 Å². The molecule has 1 aromatic rings. The van der Waals surface area contributed by atoms with Crippen molar-refractivity contribution in [3.05, 3.63) is 22.2 Å². The molecule has 1 amide bonds. The summed E-state index contributed by atoms with van der Waals surface area (Å²) in [6.07, 6.45) is 1.25. The first kappa shape index (κ1) is 14.8. The molecule has 2 atom stereocenters. The number of aliphatic hydroxyl groups excluding tert-OH is 1. The lowest BCUT2D eigenvalue weighted by Gasteiger charge is -2.35. The number of halogens is 1. The number of nitrogens with zero attached hydrogens (tertiary/aromatic N) is 1. The third kappa shape index (κ3) is 2.80. The summed E-state index contributed by atoms with van der Waals surface area (Å²) < 4.78 is 6.18. The van der Waals surface area contributed by atoms with Crippen molar-refractivity contribution in [1.82, 2.24) is 0 Å². The van der Waals surface area contributed by atoms with E-state index in [2.05, 4.69) is 26.1 Å². The number of hydrogen-bond donors (Lipinski definition) is 2. The Morgan fingerprint density at radius 2 is 2.33 bits per heavy atom. The summed E-state index contributed by atoms with van der Waals surface area (Å²) in [5.74, 6) is 0.175. The third-order valence-corrected chi connectivity index (χ3v) is 4.82. The van der Waals surface area contributed by atoms with Gasteiger partial charge in [0.15, 0.2) is 6.10 Å². The van der Waals surface area contributed by atoms with Crippen LogP contribution >= 0.6 is 15.9 Å². The molecule has 2 unspecified atom stereocenters. The molecule has 0 aliphatic carbocycles. The summed E-state index contributed by atoms with van der Waals surface area (Å²) in [6, 6.07) is 3.79. The summed E-state index contributed by atoms with van der Waals surface area (Å²) in [4.78, 5) is 13.9. The number of benzene rings is 1. The highest BCUT2D eigenvalue weighted by molar-refractivity contribution is 9.10. The Balaban J connectivity index is 1.86. The second-order valence-electron chi connectivity index (χ2n) is 5.69. The van der Waals surface area contributed by atoms with Gasteiger partial charge in [0.25, 0.3) is 5.91 Å². The second-order valence-corrected chi connectivity index (χ2v) is 6.55. The number of aliphatic hydroxyl groups is 1. The van der Waals surface area contributed by atoms with Gasteiger partial charge in [0.05, 0.1) is 12.3 Å². The number of amides is 1. The Hall–Kier alpha value is -1.11. The molecule has 0 saturated carbocycles. The van der Waals surface area contributed by atoms with E-state index < -0.39 is 6.10 Å². The van der Waals surface area contributed by atoms with Gasteiger partial charge in [-0.25, -0.2) is 0 Å². The van der Waals surface area contributed by atoms with Crippen molar-refractivity contribution >= 4 is 33.2 Å². The highest BCUT2D eigenvalue weighted by Crippen LogP contribution is 2.40. The number of nitrogens with one attached hydrogen (secondary N) is 1. The molecule has 6 heteroatoms. The molecule has 21 heavy (non-hydrogen) atoms. The normalized spacial score (nSPS) is 24.9. The maximum atomic E-state index is 11.6. The lowest BCUT2D eigenvalue weighted by atomic mass is 9.98. The lowest BCUT2D eigenvalue weighted by Crippen LogP contribution is -2.37. The maximum absolute atomic E-state index is 11.6. The molecule has 3 rings (SSSR count). The minimum Gasteiger partial charge on any atom is -0.384 e. The Bertz CT molecular complexity index is 562. The van der Waals surface area contributed by atoms with E-state index in [-0.39, 0.29) is 5.91 Å². The van der Waals surface area contributed by atoms with Gasteiger partial charge in [-0.1, -0.05) is 0 Å². The number of fused-ring (bicyclic) bond motifs is 1. The fraction of sp³-hybridized carbons (Fsp3) is 0.533. The van der Waals surface area contributed by atoms with E-state index in [4.69, 9.17) is 4.74 Å². The molecule has 2 aliphatic rings. The van der Waals surface area contributed by atoms with Gasteiger partial charge < -0.3 is 20.1 Å². The predicted octanol–water partition coefficient (Wildman–Crippen LogP) is 2.30. The SMILES string of the molecule is COCC1CCCN(c2cc3c(cc2Br)C(O)C(=O)N3)C1. The molecule has 2 heterocycles. The van der Waals surface area contributed by atoms with Crippen molar-refractivity contribution in [2.45, 2.75) is 18.9 Å². The summed E-state index contributed by atoms with van der Waals surface area (Å²) in [6.45, 7) is 2.71. The zero-order valence-corrected chi connectivity index (χ0v) is 13.5. The van der Waals surface area contributed by atoms with Crippen LogP contribution in [0.2, 0.25) is 0 Å². The molecule has 1 saturated heterocycles. The largest absolute Gasteiger partial charge is 0.384 e. The zero-order chi connectivity index (χ0) is 15.0. The Morgan fingerprint density at radius 3 is 3.10 bits per heavy atom. The monoisotopic (exact) mass is 354 g/mol. The van der Waals surface area contributed by atoms with Crippen molar-refractivity contribution in [1.29, 1.82) is 0 Å². The Labute approximate surface area is 132 Å². The number of anilines is 2. The van der Waals surface area contributed by atoms with Gasteiger partial charge >= 0.3 is 0 Å². The maximum Gasteiger partial charge on any atom is 0.257 e. The summed E-state index contributed by atoms with van der Waals surface area (Å²) in [7, 11) is 1.74. The van der Waals surface area contributed by atoms with Gasteiger partial charge in [-0.05, 0) is 46.8 Å².